The van der Waals surface area contributed by atoms with Crippen molar-refractivity contribution in [1.29, 1.82) is 0 Å². The number of piperidine rings is 1. The van der Waals surface area contributed by atoms with Crippen molar-refractivity contribution in [2.75, 3.05) is 56.2 Å². The van der Waals surface area contributed by atoms with Crippen LogP contribution in [0.3, 0.4) is 0 Å². The van der Waals surface area contributed by atoms with E-state index in [2.05, 4.69) is 9.88 Å². The van der Waals surface area contributed by atoms with E-state index in [1.54, 1.807) is 0 Å². The summed E-state index contributed by atoms with van der Waals surface area (Å²) in [6.07, 6.45) is 3.58. The summed E-state index contributed by atoms with van der Waals surface area (Å²) >= 11 is 0. The van der Waals surface area contributed by atoms with Crippen LogP contribution in [0, 0.1) is 6.92 Å². The molecule has 0 unspecified atom stereocenters. The Morgan fingerprint density at radius 3 is 2.30 bits per heavy atom. The first kappa shape index (κ1) is 23.2. The first-order chi connectivity index (χ1) is 15.8. The Morgan fingerprint density at radius 1 is 0.970 bits per heavy atom. The number of benzene rings is 1. The van der Waals surface area contributed by atoms with Crippen molar-refractivity contribution in [3.8, 4) is 5.75 Å². The van der Waals surface area contributed by atoms with E-state index in [-0.39, 0.29) is 29.3 Å². The minimum Gasteiger partial charge on any atom is -0.496 e. The van der Waals surface area contributed by atoms with Crippen molar-refractivity contribution < 1.29 is 17.9 Å². The summed E-state index contributed by atoms with van der Waals surface area (Å²) in [6.45, 7) is 5.47. The molecule has 0 saturated carbocycles. The third-order valence-corrected chi connectivity index (χ3v) is 8.00. The van der Waals surface area contributed by atoms with E-state index in [0.29, 0.717) is 19.0 Å². The van der Waals surface area contributed by atoms with Crippen LogP contribution in [-0.4, -0.2) is 75.0 Å². The smallest absolute Gasteiger partial charge is 0.252 e. The maximum absolute atomic E-state index is 13.2. The molecule has 2 fully saturated rings. The number of nitrogens with zero attached hydrogens (tertiary/aromatic N) is 5. The van der Waals surface area contributed by atoms with Crippen molar-refractivity contribution >= 4 is 27.7 Å². The van der Waals surface area contributed by atoms with Gasteiger partial charge in [0.2, 0.25) is 16.0 Å². The van der Waals surface area contributed by atoms with Gasteiger partial charge in [0.25, 0.3) is 5.91 Å². The minimum atomic E-state index is -3.79. The Bertz CT molecular complexity index is 1130. The van der Waals surface area contributed by atoms with Gasteiger partial charge in [0.15, 0.2) is 0 Å². The maximum Gasteiger partial charge on any atom is 0.252 e. The fraction of sp³-hybridized carbons (Fsp3) is 0.500. The van der Waals surface area contributed by atoms with Gasteiger partial charge in [-0.15, -0.1) is 0 Å². The zero-order valence-corrected chi connectivity index (χ0v) is 19.8. The zero-order valence-electron chi connectivity index (χ0n) is 19.0. The lowest BCUT2D eigenvalue weighted by Gasteiger charge is -2.35. The number of ether oxygens (including phenoxy) is 1. The first-order valence-electron chi connectivity index (χ1n) is 11.1. The number of primary amides is 1. The zero-order chi connectivity index (χ0) is 23.6. The average Bonchev–Trinajstić information content (AvgIpc) is 2.83. The number of hydrogen-bond acceptors (Lipinski definition) is 8. The molecule has 1 aromatic heterocycles. The van der Waals surface area contributed by atoms with Gasteiger partial charge in [-0.2, -0.15) is 9.29 Å². The van der Waals surface area contributed by atoms with E-state index in [4.69, 9.17) is 15.5 Å². The molecule has 2 aromatic rings. The Kier molecular flexibility index (Phi) is 6.71. The number of anilines is 2. The second-order valence-electron chi connectivity index (χ2n) is 8.33. The van der Waals surface area contributed by atoms with Crippen LogP contribution in [0.4, 0.5) is 11.8 Å². The number of piperazine rings is 1. The van der Waals surface area contributed by atoms with Crippen molar-refractivity contribution in [3.63, 3.8) is 0 Å². The Morgan fingerprint density at radius 2 is 1.67 bits per heavy atom. The molecule has 0 bridgehead atoms. The van der Waals surface area contributed by atoms with Crippen LogP contribution in [0.5, 0.6) is 5.75 Å². The molecule has 10 nitrogen and oxygen atoms in total. The lowest BCUT2D eigenvalue weighted by molar-refractivity contribution is 0.0997. The van der Waals surface area contributed by atoms with Gasteiger partial charge in [-0.25, -0.2) is 13.4 Å². The van der Waals surface area contributed by atoms with Gasteiger partial charge in [-0.3, -0.25) is 4.79 Å². The molecular weight excluding hydrogens is 444 g/mol. The van der Waals surface area contributed by atoms with Crippen LogP contribution in [0.15, 0.2) is 29.2 Å². The van der Waals surface area contributed by atoms with Crippen LogP contribution in [-0.2, 0) is 10.0 Å². The van der Waals surface area contributed by atoms with Crippen LogP contribution >= 0.6 is 0 Å². The van der Waals surface area contributed by atoms with Gasteiger partial charge in [0.05, 0.1) is 17.6 Å². The highest BCUT2D eigenvalue weighted by molar-refractivity contribution is 7.89. The number of nitrogens with two attached hydrogens (primary N) is 1. The summed E-state index contributed by atoms with van der Waals surface area (Å²) in [5.74, 6) is 1.07. The predicted molar refractivity (Wildman–Crippen MR) is 125 cm³/mol. The summed E-state index contributed by atoms with van der Waals surface area (Å²) < 4.78 is 32.9. The van der Waals surface area contributed by atoms with Gasteiger partial charge in [-0.05, 0) is 44.4 Å². The van der Waals surface area contributed by atoms with Crippen LogP contribution in [0.25, 0.3) is 0 Å². The molecule has 0 spiro atoms. The molecule has 0 atom stereocenters. The average molecular weight is 475 g/mol. The number of methoxy groups -OCH3 is 1. The largest absolute Gasteiger partial charge is 0.496 e. The van der Waals surface area contributed by atoms with Gasteiger partial charge >= 0.3 is 0 Å². The summed E-state index contributed by atoms with van der Waals surface area (Å²) in [5, 5.41) is 0. The molecule has 2 aliphatic heterocycles. The number of carbonyl (C=O) groups is 1. The molecule has 11 heteroatoms. The number of aromatic nitrogens is 2. The highest BCUT2D eigenvalue weighted by Crippen LogP contribution is 2.26. The molecule has 2 N–H and O–H groups in total. The van der Waals surface area contributed by atoms with Gasteiger partial charge in [0.1, 0.15) is 11.6 Å². The molecule has 178 valence electrons. The molecule has 33 heavy (non-hydrogen) atoms. The van der Waals surface area contributed by atoms with Crippen LogP contribution in [0.1, 0.15) is 35.3 Å². The predicted octanol–water partition coefficient (Wildman–Crippen LogP) is 1.39. The van der Waals surface area contributed by atoms with Crippen LogP contribution < -0.4 is 20.3 Å². The molecule has 1 amide bonds. The summed E-state index contributed by atoms with van der Waals surface area (Å²) in [5.41, 5.74) is 6.32. The Balaban J connectivity index is 1.49. The Hall–Kier alpha value is -2.92. The number of sulfonamides is 1. The second-order valence-corrected chi connectivity index (χ2v) is 10.3. The minimum absolute atomic E-state index is 0.0183. The number of hydrogen-bond donors (Lipinski definition) is 1. The molecule has 0 aliphatic carbocycles. The van der Waals surface area contributed by atoms with E-state index >= 15 is 0 Å². The van der Waals surface area contributed by atoms with Gasteiger partial charge in [0, 0.05) is 51.0 Å². The number of aryl methyl sites for hydroxylation is 1. The maximum atomic E-state index is 13.2. The van der Waals surface area contributed by atoms with Crippen molar-refractivity contribution in [3.05, 3.63) is 35.5 Å². The molecular formula is C22H30N6O4S. The van der Waals surface area contributed by atoms with E-state index in [0.717, 1.165) is 37.4 Å². The molecule has 1 aromatic carbocycles. The first-order valence-corrected chi connectivity index (χ1v) is 12.6. The Labute approximate surface area is 194 Å². The normalized spacial score (nSPS) is 17.8. The molecule has 2 aliphatic rings. The van der Waals surface area contributed by atoms with Gasteiger partial charge < -0.3 is 20.3 Å². The summed E-state index contributed by atoms with van der Waals surface area (Å²) in [6, 6.07) is 6.17. The van der Waals surface area contributed by atoms with Crippen LogP contribution in [0.2, 0.25) is 0 Å². The fourth-order valence-corrected chi connectivity index (χ4v) is 5.73. The lowest BCUT2D eigenvalue weighted by Crippen LogP contribution is -2.49. The molecule has 0 radical (unpaired) electrons. The van der Waals surface area contributed by atoms with Crippen molar-refractivity contribution in [2.24, 2.45) is 5.73 Å². The van der Waals surface area contributed by atoms with E-state index in [9.17, 15) is 13.2 Å². The molecule has 3 heterocycles. The standard InChI is InChI=1S/C22H30N6O4S/c1-16-14-20(26-8-4-3-5-9-26)25-22(24-16)27-10-12-28(13-11-27)33(30,31)17-6-7-19(32-2)18(15-17)21(23)29/h6-7,14-15H,3-5,8-13H2,1-2H3,(H2,23,29). The second kappa shape index (κ2) is 9.52. The molecule has 2 saturated heterocycles. The summed E-state index contributed by atoms with van der Waals surface area (Å²) in [7, 11) is -2.39. The number of rotatable bonds is 6. The number of carbonyl (C=O) groups excluding carboxylic acids is 1. The highest BCUT2D eigenvalue weighted by Gasteiger charge is 2.30. The van der Waals surface area contributed by atoms with E-state index in [1.165, 1.54) is 36.0 Å². The monoisotopic (exact) mass is 474 g/mol. The van der Waals surface area contributed by atoms with E-state index in [1.807, 2.05) is 17.9 Å². The van der Waals surface area contributed by atoms with Crippen molar-refractivity contribution in [2.45, 2.75) is 31.1 Å². The number of amides is 1. The summed E-state index contributed by atoms with van der Waals surface area (Å²) in [4.78, 5) is 25.4. The van der Waals surface area contributed by atoms with Gasteiger partial charge in [-0.1, -0.05) is 0 Å². The highest BCUT2D eigenvalue weighted by atomic mass is 32.2. The van der Waals surface area contributed by atoms with E-state index < -0.39 is 15.9 Å². The van der Waals surface area contributed by atoms with Crippen molar-refractivity contribution in [1.82, 2.24) is 14.3 Å². The quantitative estimate of drug-likeness (QED) is 0.667. The topological polar surface area (TPSA) is 122 Å². The third-order valence-electron chi connectivity index (χ3n) is 6.10. The third kappa shape index (κ3) is 4.88. The fourth-order valence-electron chi connectivity index (χ4n) is 4.28. The SMILES string of the molecule is COc1ccc(S(=O)(=O)N2CCN(c3nc(C)cc(N4CCCCC4)n3)CC2)cc1C(N)=O. The molecule has 4 rings (SSSR count). The lowest BCUT2D eigenvalue weighted by atomic mass is 10.1.